The fourth-order valence-electron chi connectivity index (χ4n) is 2.13. The summed E-state index contributed by atoms with van der Waals surface area (Å²) in [6.45, 7) is 4.11. The first-order valence-corrected chi connectivity index (χ1v) is 8.26. The van der Waals surface area contributed by atoms with Crippen molar-refractivity contribution < 1.29 is 4.79 Å². The fraction of sp³-hybridized carbons (Fsp3) is 0.375. The van der Waals surface area contributed by atoms with E-state index in [1.54, 1.807) is 24.2 Å². The number of aromatic nitrogens is 2. The molecule has 0 aliphatic rings. The van der Waals surface area contributed by atoms with Crippen LogP contribution in [0.2, 0.25) is 0 Å². The van der Waals surface area contributed by atoms with Gasteiger partial charge in [0, 0.05) is 18.1 Å². The van der Waals surface area contributed by atoms with Crippen molar-refractivity contribution in [2.75, 3.05) is 5.75 Å². The van der Waals surface area contributed by atoms with E-state index in [0.717, 1.165) is 18.0 Å². The summed E-state index contributed by atoms with van der Waals surface area (Å²) in [5.41, 5.74) is 2.51. The Morgan fingerprint density at radius 3 is 3.00 bits per heavy atom. The third-order valence-electron chi connectivity index (χ3n) is 3.18. The lowest BCUT2D eigenvalue weighted by Gasteiger charge is -2.14. The van der Waals surface area contributed by atoms with Gasteiger partial charge >= 0.3 is 0 Å². The minimum absolute atomic E-state index is 0.0351. The van der Waals surface area contributed by atoms with Gasteiger partial charge in [-0.15, -0.1) is 11.8 Å². The zero-order valence-electron chi connectivity index (χ0n) is 12.4. The lowest BCUT2D eigenvalue weighted by atomic mass is 10.2. The quantitative estimate of drug-likeness (QED) is 0.825. The van der Waals surface area contributed by atoms with Crippen molar-refractivity contribution in [1.82, 2.24) is 15.3 Å². The fourth-order valence-corrected chi connectivity index (χ4v) is 2.92. The number of H-pyrrole nitrogens is 1. The van der Waals surface area contributed by atoms with Crippen molar-refractivity contribution in [3.63, 3.8) is 0 Å². The minimum atomic E-state index is -0.0351. The van der Waals surface area contributed by atoms with Crippen molar-refractivity contribution in [2.24, 2.45) is 0 Å². The van der Waals surface area contributed by atoms with Crippen molar-refractivity contribution in [1.29, 1.82) is 0 Å². The molecular weight excluding hydrogens is 282 g/mol. The van der Waals surface area contributed by atoms with Crippen LogP contribution in [0.15, 0.2) is 36.7 Å². The molecule has 1 heterocycles. The number of benzene rings is 1. The van der Waals surface area contributed by atoms with Gasteiger partial charge in [-0.3, -0.25) is 4.79 Å². The predicted molar refractivity (Wildman–Crippen MR) is 87.1 cm³/mol. The smallest absolute Gasteiger partial charge is 0.230 e. The summed E-state index contributed by atoms with van der Waals surface area (Å²) in [5, 5.41) is 3.01. The van der Waals surface area contributed by atoms with E-state index >= 15 is 0 Å². The molecule has 1 aromatic heterocycles. The molecule has 0 spiro atoms. The van der Waals surface area contributed by atoms with Crippen LogP contribution in [-0.4, -0.2) is 21.6 Å². The number of rotatable bonds is 7. The SMILES string of the molecule is CCC(NC(=O)CSCc1cccc(C)c1)c1ncc[nH]1. The Balaban J connectivity index is 1.77. The summed E-state index contributed by atoms with van der Waals surface area (Å²) in [5.74, 6) is 2.18. The molecule has 2 aromatic rings. The zero-order valence-corrected chi connectivity index (χ0v) is 13.2. The van der Waals surface area contributed by atoms with Gasteiger partial charge in [0.2, 0.25) is 5.91 Å². The van der Waals surface area contributed by atoms with E-state index < -0.39 is 0 Å². The van der Waals surface area contributed by atoms with Crippen LogP contribution in [0.5, 0.6) is 0 Å². The van der Waals surface area contributed by atoms with Gasteiger partial charge in [0.05, 0.1) is 11.8 Å². The van der Waals surface area contributed by atoms with Crippen molar-refractivity contribution >= 4 is 17.7 Å². The number of hydrogen-bond acceptors (Lipinski definition) is 3. The van der Waals surface area contributed by atoms with E-state index in [4.69, 9.17) is 0 Å². The second kappa shape index (κ2) is 7.88. The summed E-state index contributed by atoms with van der Waals surface area (Å²) < 4.78 is 0. The summed E-state index contributed by atoms with van der Waals surface area (Å²) in [4.78, 5) is 19.2. The number of nitrogens with zero attached hydrogens (tertiary/aromatic N) is 1. The van der Waals surface area contributed by atoms with Gasteiger partial charge in [-0.2, -0.15) is 0 Å². The number of carbonyl (C=O) groups is 1. The highest BCUT2D eigenvalue weighted by Crippen LogP contribution is 2.15. The average molecular weight is 303 g/mol. The van der Waals surface area contributed by atoms with E-state index in [9.17, 15) is 4.79 Å². The molecule has 0 radical (unpaired) electrons. The number of hydrogen-bond donors (Lipinski definition) is 2. The Morgan fingerprint density at radius 2 is 2.33 bits per heavy atom. The Labute approximate surface area is 129 Å². The van der Waals surface area contributed by atoms with Crippen LogP contribution < -0.4 is 5.32 Å². The topological polar surface area (TPSA) is 57.8 Å². The summed E-state index contributed by atoms with van der Waals surface area (Å²) >= 11 is 1.63. The summed E-state index contributed by atoms with van der Waals surface area (Å²) in [6, 6.07) is 8.34. The van der Waals surface area contributed by atoms with Gasteiger partial charge in [0.1, 0.15) is 5.82 Å². The first kappa shape index (κ1) is 15.6. The standard InChI is InChI=1S/C16H21N3OS/c1-3-14(16-17-7-8-18-16)19-15(20)11-21-10-13-6-4-5-12(2)9-13/h4-9,14H,3,10-11H2,1-2H3,(H,17,18)(H,19,20). The molecule has 0 fully saturated rings. The molecule has 1 amide bonds. The molecule has 0 saturated heterocycles. The highest BCUT2D eigenvalue weighted by Gasteiger charge is 2.14. The number of nitrogens with one attached hydrogen (secondary N) is 2. The molecule has 1 atom stereocenters. The summed E-state index contributed by atoms with van der Waals surface area (Å²) in [6.07, 6.45) is 4.30. The third-order valence-corrected chi connectivity index (χ3v) is 4.18. The molecule has 0 bridgehead atoms. The lowest BCUT2D eigenvalue weighted by Crippen LogP contribution is -2.30. The van der Waals surface area contributed by atoms with E-state index in [-0.39, 0.29) is 11.9 Å². The van der Waals surface area contributed by atoms with E-state index in [1.165, 1.54) is 11.1 Å². The minimum Gasteiger partial charge on any atom is -0.347 e. The molecule has 4 nitrogen and oxygen atoms in total. The van der Waals surface area contributed by atoms with Crippen LogP contribution >= 0.6 is 11.8 Å². The summed E-state index contributed by atoms with van der Waals surface area (Å²) in [7, 11) is 0. The molecule has 0 aliphatic heterocycles. The van der Waals surface area contributed by atoms with E-state index in [1.807, 2.05) is 6.92 Å². The number of amides is 1. The largest absolute Gasteiger partial charge is 0.347 e. The maximum absolute atomic E-state index is 12.0. The molecule has 5 heteroatoms. The average Bonchev–Trinajstić information content (AvgIpc) is 2.99. The van der Waals surface area contributed by atoms with Crippen molar-refractivity contribution in [3.05, 3.63) is 53.6 Å². The molecule has 112 valence electrons. The van der Waals surface area contributed by atoms with Crippen LogP contribution in [0, 0.1) is 6.92 Å². The highest BCUT2D eigenvalue weighted by molar-refractivity contribution is 7.99. The first-order valence-electron chi connectivity index (χ1n) is 7.11. The second-order valence-electron chi connectivity index (χ2n) is 4.98. The first-order chi connectivity index (χ1) is 10.2. The predicted octanol–water partition coefficient (Wildman–Crippen LogP) is 3.22. The zero-order chi connectivity index (χ0) is 15.1. The third kappa shape index (κ3) is 4.93. The molecule has 1 unspecified atom stereocenters. The van der Waals surface area contributed by atoms with Crippen LogP contribution in [-0.2, 0) is 10.5 Å². The van der Waals surface area contributed by atoms with Crippen LogP contribution in [0.1, 0.15) is 36.3 Å². The van der Waals surface area contributed by atoms with Gasteiger partial charge in [-0.1, -0.05) is 36.8 Å². The second-order valence-corrected chi connectivity index (χ2v) is 5.97. The van der Waals surface area contributed by atoms with Crippen LogP contribution in [0.25, 0.3) is 0 Å². The maximum Gasteiger partial charge on any atom is 0.230 e. The Morgan fingerprint density at radius 1 is 1.48 bits per heavy atom. The molecule has 0 aliphatic carbocycles. The highest BCUT2D eigenvalue weighted by atomic mass is 32.2. The molecule has 21 heavy (non-hydrogen) atoms. The van der Waals surface area contributed by atoms with Gasteiger partial charge in [-0.05, 0) is 18.9 Å². The van der Waals surface area contributed by atoms with Crippen LogP contribution in [0.3, 0.4) is 0 Å². The number of imidazole rings is 1. The van der Waals surface area contributed by atoms with Gasteiger partial charge in [-0.25, -0.2) is 4.98 Å². The normalized spacial score (nSPS) is 12.1. The number of thioether (sulfide) groups is 1. The molecule has 2 N–H and O–H groups in total. The molecule has 1 aromatic carbocycles. The van der Waals surface area contributed by atoms with Crippen molar-refractivity contribution in [3.8, 4) is 0 Å². The number of carbonyl (C=O) groups excluding carboxylic acids is 1. The maximum atomic E-state index is 12.0. The Hall–Kier alpha value is -1.75. The van der Waals surface area contributed by atoms with Gasteiger partial charge in [0.25, 0.3) is 0 Å². The molecule has 0 saturated carbocycles. The van der Waals surface area contributed by atoms with Crippen LogP contribution in [0.4, 0.5) is 0 Å². The molecule has 2 rings (SSSR count). The van der Waals surface area contributed by atoms with Gasteiger partial charge < -0.3 is 10.3 Å². The van der Waals surface area contributed by atoms with Gasteiger partial charge in [0.15, 0.2) is 0 Å². The lowest BCUT2D eigenvalue weighted by molar-refractivity contribution is -0.119. The molecular formula is C16H21N3OS. The Bertz CT molecular complexity index is 569. The number of aryl methyl sites for hydroxylation is 1. The van der Waals surface area contributed by atoms with Crippen molar-refractivity contribution in [2.45, 2.75) is 32.1 Å². The number of aromatic amines is 1. The van der Waals surface area contributed by atoms with E-state index in [0.29, 0.717) is 5.75 Å². The monoisotopic (exact) mass is 303 g/mol. The van der Waals surface area contributed by atoms with E-state index in [2.05, 4.69) is 46.5 Å². The Kier molecular flexibility index (Phi) is 5.87.